The molecule has 1 aromatic rings. The highest BCUT2D eigenvalue weighted by molar-refractivity contribution is 7.97. The van der Waals surface area contributed by atoms with Gasteiger partial charge in [0.05, 0.1) is 5.69 Å². The van der Waals surface area contributed by atoms with Crippen molar-refractivity contribution < 1.29 is 0 Å². The van der Waals surface area contributed by atoms with Crippen molar-refractivity contribution in [2.24, 2.45) is 10.7 Å². The lowest BCUT2D eigenvalue weighted by atomic mass is 10.3. The van der Waals surface area contributed by atoms with Crippen LogP contribution in [-0.4, -0.2) is 12.2 Å². The van der Waals surface area contributed by atoms with Crippen LogP contribution in [0.25, 0.3) is 0 Å². The molecule has 0 bridgehead atoms. The number of hydrogen-bond acceptors (Lipinski definition) is 2. The van der Waals surface area contributed by atoms with E-state index in [0.29, 0.717) is 5.96 Å². The van der Waals surface area contributed by atoms with Gasteiger partial charge >= 0.3 is 0 Å². The number of aliphatic imine (C=N–C) groups is 1. The largest absolute Gasteiger partial charge is 0.369 e. The molecule has 0 atom stereocenters. The molecule has 4 heteroatoms. The van der Waals surface area contributed by atoms with Gasteiger partial charge in [0, 0.05) is 6.26 Å². The lowest BCUT2D eigenvalue weighted by Gasteiger charge is -1.99. The Bertz CT molecular complexity index is 258. The maximum absolute atomic E-state index is 5.53. The monoisotopic (exact) mass is 181 g/mol. The Balaban J connectivity index is 2.67. The number of benzene rings is 1. The first-order chi connectivity index (χ1) is 5.83. The lowest BCUT2D eigenvalue weighted by Crippen LogP contribution is -2.24. The standard InChI is InChI=1S/C8H11N3S/c1-12-11-8(9)10-7-5-3-2-4-6-7/h2-6H,1H3,(H3,9,10,11). The molecule has 0 saturated carbocycles. The van der Waals surface area contributed by atoms with Gasteiger partial charge in [-0.1, -0.05) is 30.1 Å². The van der Waals surface area contributed by atoms with Crippen LogP contribution in [0.3, 0.4) is 0 Å². The van der Waals surface area contributed by atoms with Gasteiger partial charge in [-0.2, -0.15) is 0 Å². The lowest BCUT2D eigenvalue weighted by molar-refractivity contribution is 1.36. The Morgan fingerprint density at radius 2 is 2.08 bits per heavy atom. The Labute approximate surface area is 76.2 Å². The molecule has 0 aliphatic carbocycles. The molecule has 3 N–H and O–H groups in total. The van der Waals surface area contributed by atoms with E-state index in [0.717, 1.165) is 5.69 Å². The summed E-state index contributed by atoms with van der Waals surface area (Å²) in [5.74, 6) is 0.425. The van der Waals surface area contributed by atoms with E-state index in [9.17, 15) is 0 Å². The fourth-order valence-corrected chi connectivity index (χ4v) is 1.02. The maximum Gasteiger partial charge on any atom is 0.204 e. The van der Waals surface area contributed by atoms with E-state index >= 15 is 0 Å². The second-order valence-corrected chi connectivity index (χ2v) is 2.75. The fourth-order valence-electron chi connectivity index (χ4n) is 0.769. The third kappa shape index (κ3) is 2.84. The first kappa shape index (κ1) is 8.93. The molecule has 0 aliphatic rings. The summed E-state index contributed by atoms with van der Waals surface area (Å²) in [4.78, 5) is 4.11. The first-order valence-corrected chi connectivity index (χ1v) is 4.73. The summed E-state index contributed by atoms with van der Waals surface area (Å²) in [5.41, 5.74) is 6.39. The second-order valence-electron chi connectivity index (χ2n) is 2.14. The van der Waals surface area contributed by atoms with E-state index in [1.807, 2.05) is 36.6 Å². The van der Waals surface area contributed by atoms with Crippen molar-refractivity contribution in [1.29, 1.82) is 0 Å². The van der Waals surface area contributed by atoms with Gasteiger partial charge in [-0.3, -0.25) is 0 Å². The molecule has 0 heterocycles. The van der Waals surface area contributed by atoms with E-state index < -0.39 is 0 Å². The van der Waals surface area contributed by atoms with Crippen LogP contribution in [0, 0.1) is 0 Å². The van der Waals surface area contributed by atoms with Crippen LogP contribution in [0.1, 0.15) is 0 Å². The van der Waals surface area contributed by atoms with Gasteiger partial charge in [0.15, 0.2) is 0 Å². The Morgan fingerprint density at radius 3 is 2.67 bits per heavy atom. The van der Waals surface area contributed by atoms with Gasteiger partial charge in [0.1, 0.15) is 0 Å². The van der Waals surface area contributed by atoms with E-state index in [4.69, 9.17) is 5.73 Å². The highest BCUT2D eigenvalue weighted by Crippen LogP contribution is 2.08. The van der Waals surface area contributed by atoms with Crippen molar-refractivity contribution in [3.05, 3.63) is 30.3 Å². The van der Waals surface area contributed by atoms with Crippen LogP contribution in [0.15, 0.2) is 35.3 Å². The number of para-hydroxylation sites is 1. The number of nitrogens with two attached hydrogens (primary N) is 1. The number of nitrogens with one attached hydrogen (secondary N) is 1. The first-order valence-electron chi connectivity index (χ1n) is 3.51. The third-order valence-electron chi connectivity index (χ3n) is 1.21. The topological polar surface area (TPSA) is 50.4 Å². The zero-order chi connectivity index (χ0) is 8.81. The summed E-state index contributed by atoms with van der Waals surface area (Å²) in [6, 6.07) is 9.58. The van der Waals surface area contributed by atoms with Gasteiger partial charge in [-0.15, -0.1) is 0 Å². The van der Waals surface area contributed by atoms with Crippen LogP contribution in [0.4, 0.5) is 5.69 Å². The van der Waals surface area contributed by atoms with Crippen LogP contribution in [0.5, 0.6) is 0 Å². The van der Waals surface area contributed by atoms with Crippen LogP contribution < -0.4 is 10.5 Å². The minimum absolute atomic E-state index is 0.425. The summed E-state index contributed by atoms with van der Waals surface area (Å²) in [7, 11) is 0. The summed E-state index contributed by atoms with van der Waals surface area (Å²) in [5, 5.41) is 0. The normalized spacial score (nSPS) is 11.2. The van der Waals surface area contributed by atoms with E-state index in [-0.39, 0.29) is 0 Å². The molecule has 0 amide bonds. The average Bonchev–Trinajstić information content (AvgIpc) is 2.06. The van der Waals surface area contributed by atoms with Crippen molar-refractivity contribution in [3.8, 4) is 0 Å². The van der Waals surface area contributed by atoms with Gasteiger partial charge in [0.25, 0.3) is 0 Å². The minimum atomic E-state index is 0.425. The Kier molecular flexibility index (Phi) is 3.47. The number of guanidine groups is 1. The summed E-state index contributed by atoms with van der Waals surface area (Å²) < 4.78 is 2.84. The van der Waals surface area contributed by atoms with Crippen LogP contribution in [0.2, 0.25) is 0 Å². The van der Waals surface area contributed by atoms with Gasteiger partial charge in [-0.05, 0) is 12.1 Å². The second kappa shape index (κ2) is 4.66. The van der Waals surface area contributed by atoms with Crippen LogP contribution >= 0.6 is 11.9 Å². The van der Waals surface area contributed by atoms with E-state index in [2.05, 4.69) is 9.71 Å². The van der Waals surface area contributed by atoms with Crippen LogP contribution in [-0.2, 0) is 0 Å². The highest BCUT2D eigenvalue weighted by Gasteiger charge is 1.89. The van der Waals surface area contributed by atoms with Crippen molar-refractivity contribution in [1.82, 2.24) is 4.72 Å². The van der Waals surface area contributed by atoms with Crippen molar-refractivity contribution in [2.45, 2.75) is 0 Å². The molecule has 0 fully saturated rings. The van der Waals surface area contributed by atoms with Gasteiger partial charge < -0.3 is 10.5 Å². The molecule has 0 saturated heterocycles. The molecule has 0 unspecified atom stereocenters. The molecule has 1 rings (SSSR count). The average molecular weight is 181 g/mol. The molecule has 3 nitrogen and oxygen atoms in total. The zero-order valence-electron chi connectivity index (χ0n) is 6.82. The Hall–Kier alpha value is -1.16. The molecule has 0 radical (unpaired) electrons. The molecule has 0 aromatic heterocycles. The van der Waals surface area contributed by atoms with Crippen molar-refractivity contribution in [2.75, 3.05) is 6.26 Å². The summed E-state index contributed by atoms with van der Waals surface area (Å²) in [6.07, 6.45) is 1.90. The molecular weight excluding hydrogens is 170 g/mol. The van der Waals surface area contributed by atoms with E-state index in [1.165, 1.54) is 11.9 Å². The molecule has 0 aliphatic heterocycles. The SMILES string of the molecule is CSNC(N)=Nc1ccccc1. The maximum atomic E-state index is 5.53. The van der Waals surface area contributed by atoms with Crippen molar-refractivity contribution >= 4 is 23.6 Å². The number of hydrogen-bond donors (Lipinski definition) is 2. The molecule has 12 heavy (non-hydrogen) atoms. The number of nitrogens with zero attached hydrogens (tertiary/aromatic N) is 1. The molecule has 0 spiro atoms. The highest BCUT2D eigenvalue weighted by atomic mass is 32.2. The Morgan fingerprint density at radius 1 is 1.42 bits per heavy atom. The fraction of sp³-hybridized carbons (Fsp3) is 0.125. The molecule has 1 aromatic carbocycles. The molecular formula is C8H11N3S. The third-order valence-corrected chi connectivity index (χ3v) is 1.63. The quantitative estimate of drug-likeness (QED) is 0.413. The predicted molar refractivity (Wildman–Crippen MR) is 54.4 cm³/mol. The summed E-state index contributed by atoms with van der Waals surface area (Å²) >= 11 is 1.42. The minimum Gasteiger partial charge on any atom is -0.369 e. The van der Waals surface area contributed by atoms with E-state index in [1.54, 1.807) is 0 Å². The smallest absolute Gasteiger partial charge is 0.204 e. The number of rotatable bonds is 2. The summed E-state index contributed by atoms with van der Waals surface area (Å²) in [6.45, 7) is 0. The van der Waals surface area contributed by atoms with Gasteiger partial charge in [0.2, 0.25) is 5.96 Å². The van der Waals surface area contributed by atoms with Crippen molar-refractivity contribution in [3.63, 3.8) is 0 Å². The zero-order valence-corrected chi connectivity index (χ0v) is 7.64. The predicted octanol–water partition coefficient (Wildman–Crippen LogP) is 1.50. The molecule has 64 valence electrons. The van der Waals surface area contributed by atoms with Gasteiger partial charge in [-0.25, -0.2) is 4.99 Å².